The van der Waals surface area contributed by atoms with Crippen molar-refractivity contribution < 1.29 is 37.6 Å². The van der Waals surface area contributed by atoms with Gasteiger partial charge >= 0.3 is 11.8 Å². The van der Waals surface area contributed by atoms with Gasteiger partial charge in [0, 0.05) is 55.1 Å². The van der Waals surface area contributed by atoms with Crippen molar-refractivity contribution in [1.82, 2.24) is 29.1 Å². The highest BCUT2D eigenvalue weighted by atomic mass is 19.1. The molecule has 4 heterocycles. The van der Waals surface area contributed by atoms with Gasteiger partial charge < -0.3 is 33.9 Å². The standard InChI is InChI=1S/C40H46F2N8O7/c1-3-37(28(2)57-39(53)54-19-18-51)50-38(52)49(27-45-50)33-7-5-31(6-8-33)46-14-16-47(17-15-46)32-9-11-34(12-10-32)55-22-29-21-40(56-23-29,24-48-26-43-25-44-48)35-13-4-30(41)20-36(35)42/h4-13,20,25-29,37,51H,3,14-19,21-24H2,1-2H3/t28-,29+,37-,40-/m0/s1. The zero-order valence-corrected chi connectivity index (χ0v) is 31.8. The number of carbonyl (C=O) groups excluding carboxylic acids is 1. The van der Waals surface area contributed by atoms with Crippen LogP contribution in [0, 0.1) is 17.6 Å². The minimum atomic E-state index is -1.03. The normalized spacial score (nSPS) is 19.4. The van der Waals surface area contributed by atoms with Crippen molar-refractivity contribution in [3.05, 3.63) is 113 Å². The maximum absolute atomic E-state index is 15.0. The molecule has 2 saturated heterocycles. The first-order valence-corrected chi connectivity index (χ1v) is 19.0. The number of piperazine rings is 1. The Morgan fingerprint density at radius 2 is 1.65 bits per heavy atom. The molecule has 7 rings (SSSR count). The highest BCUT2D eigenvalue weighted by Crippen LogP contribution is 2.42. The van der Waals surface area contributed by atoms with Crippen molar-refractivity contribution in [3.63, 3.8) is 0 Å². The molecule has 0 amide bonds. The number of rotatable bonds is 15. The summed E-state index contributed by atoms with van der Waals surface area (Å²) in [7, 11) is 0. The van der Waals surface area contributed by atoms with Gasteiger partial charge in [-0.15, -0.1) is 0 Å². The summed E-state index contributed by atoms with van der Waals surface area (Å²) < 4.78 is 55.6. The van der Waals surface area contributed by atoms with Gasteiger partial charge in [0.2, 0.25) is 0 Å². The Bertz CT molecular complexity index is 2140. The molecule has 0 aliphatic carbocycles. The van der Waals surface area contributed by atoms with E-state index in [0.29, 0.717) is 31.7 Å². The molecule has 2 fully saturated rings. The van der Waals surface area contributed by atoms with Crippen LogP contribution in [-0.4, -0.2) is 99.1 Å². The van der Waals surface area contributed by atoms with E-state index in [1.54, 1.807) is 17.9 Å². The van der Waals surface area contributed by atoms with Gasteiger partial charge in [-0.3, -0.25) is 0 Å². The Hall–Kier alpha value is -5.81. The fourth-order valence-electron chi connectivity index (χ4n) is 7.62. The maximum Gasteiger partial charge on any atom is 0.508 e. The van der Waals surface area contributed by atoms with Crippen molar-refractivity contribution in [2.45, 2.75) is 51.0 Å². The topological polar surface area (TPSA) is 151 Å². The van der Waals surface area contributed by atoms with Gasteiger partial charge in [0.15, 0.2) is 0 Å². The first-order chi connectivity index (χ1) is 27.7. The Morgan fingerprint density at radius 3 is 2.28 bits per heavy atom. The third-order valence-electron chi connectivity index (χ3n) is 10.5. The lowest BCUT2D eigenvalue weighted by molar-refractivity contribution is -0.0206. The average Bonchev–Trinajstić information content (AvgIpc) is 3.98. The molecule has 57 heavy (non-hydrogen) atoms. The number of aromatic nitrogens is 6. The molecule has 17 heteroatoms. The van der Waals surface area contributed by atoms with Crippen molar-refractivity contribution in [2.75, 3.05) is 62.4 Å². The van der Waals surface area contributed by atoms with Gasteiger partial charge in [0.25, 0.3) is 0 Å². The van der Waals surface area contributed by atoms with Gasteiger partial charge in [-0.05, 0) is 74.4 Å². The number of anilines is 2. The molecule has 0 unspecified atom stereocenters. The SMILES string of the molecule is CC[C@@H]([C@H](C)OC(=O)OCCO)n1ncn(-c2ccc(N3CCN(c4ccc(OC[C@@H]5CO[C@@](Cn6cncn6)(c6ccc(F)cc6F)C5)cc4)CC3)cc2)c1=O. The largest absolute Gasteiger partial charge is 0.508 e. The predicted octanol–water partition coefficient (Wildman–Crippen LogP) is 4.73. The first-order valence-electron chi connectivity index (χ1n) is 19.0. The number of hydrogen-bond donors (Lipinski definition) is 1. The van der Waals surface area contributed by atoms with Crippen molar-refractivity contribution in [3.8, 4) is 11.4 Å². The zero-order chi connectivity index (χ0) is 39.9. The van der Waals surface area contributed by atoms with Crippen LogP contribution in [0.25, 0.3) is 5.69 Å². The first kappa shape index (κ1) is 39.4. The molecule has 302 valence electrons. The van der Waals surface area contributed by atoms with Crippen LogP contribution in [-0.2, 0) is 26.4 Å². The van der Waals surface area contributed by atoms with E-state index in [1.807, 2.05) is 55.5 Å². The number of ether oxygens (including phenoxy) is 4. The van der Waals surface area contributed by atoms with Crippen LogP contribution in [0.15, 0.2) is 90.5 Å². The summed E-state index contributed by atoms with van der Waals surface area (Å²) in [6, 6.07) is 18.8. The summed E-state index contributed by atoms with van der Waals surface area (Å²) >= 11 is 0. The second kappa shape index (κ2) is 17.5. The lowest BCUT2D eigenvalue weighted by Crippen LogP contribution is -2.46. The third kappa shape index (κ3) is 8.94. The van der Waals surface area contributed by atoms with Crippen LogP contribution in [0.5, 0.6) is 5.75 Å². The third-order valence-corrected chi connectivity index (χ3v) is 10.5. The average molecular weight is 789 g/mol. The maximum atomic E-state index is 15.0. The molecule has 0 radical (unpaired) electrons. The Labute approximate surface area is 328 Å². The molecule has 3 aromatic carbocycles. The molecule has 2 aliphatic heterocycles. The molecule has 0 saturated carbocycles. The smallest absolute Gasteiger partial charge is 0.493 e. The summed E-state index contributed by atoms with van der Waals surface area (Å²) in [6.07, 6.45) is 3.77. The van der Waals surface area contributed by atoms with Crippen molar-refractivity contribution in [2.24, 2.45) is 5.92 Å². The number of benzene rings is 3. The van der Waals surface area contributed by atoms with Crippen molar-refractivity contribution in [1.29, 1.82) is 0 Å². The summed E-state index contributed by atoms with van der Waals surface area (Å²) in [5.41, 5.74) is 1.69. The van der Waals surface area contributed by atoms with Crippen LogP contribution in [0.3, 0.4) is 0 Å². The molecular weight excluding hydrogens is 742 g/mol. The summed E-state index contributed by atoms with van der Waals surface area (Å²) in [5.74, 6) is -0.617. The van der Waals surface area contributed by atoms with Crippen LogP contribution < -0.4 is 20.2 Å². The second-order valence-corrected chi connectivity index (χ2v) is 14.2. The van der Waals surface area contributed by atoms with Gasteiger partial charge in [-0.1, -0.05) is 13.0 Å². The fraction of sp³-hybridized carbons (Fsp3) is 0.425. The van der Waals surface area contributed by atoms with Crippen molar-refractivity contribution >= 4 is 17.5 Å². The number of halogens is 2. The van der Waals surface area contributed by atoms with Gasteiger partial charge in [-0.2, -0.15) is 10.2 Å². The molecule has 2 aliphatic rings. The Balaban J connectivity index is 0.906. The van der Waals surface area contributed by atoms with E-state index in [1.165, 1.54) is 34.0 Å². The zero-order valence-electron chi connectivity index (χ0n) is 31.8. The molecular formula is C40H46F2N8O7. The molecule has 1 N–H and O–H groups in total. The molecule has 2 aromatic heterocycles. The van der Waals surface area contributed by atoms with E-state index in [4.69, 9.17) is 24.1 Å². The summed E-state index contributed by atoms with van der Waals surface area (Å²) in [4.78, 5) is 33.9. The highest BCUT2D eigenvalue weighted by Gasteiger charge is 2.44. The molecule has 4 atom stereocenters. The van der Waals surface area contributed by atoms with Crippen LogP contribution in [0.1, 0.15) is 38.3 Å². The van der Waals surface area contributed by atoms with Crippen LogP contribution in [0.2, 0.25) is 0 Å². The quantitative estimate of drug-likeness (QED) is 0.146. The summed E-state index contributed by atoms with van der Waals surface area (Å²) in [6.45, 7) is 7.25. The van der Waals surface area contributed by atoms with Crippen LogP contribution in [0.4, 0.5) is 25.0 Å². The van der Waals surface area contributed by atoms with E-state index in [9.17, 15) is 14.0 Å². The van der Waals surface area contributed by atoms with Gasteiger partial charge in [0.1, 0.15) is 54.7 Å². The van der Waals surface area contributed by atoms with Gasteiger partial charge in [0.05, 0.1) is 38.1 Å². The molecule has 0 spiro atoms. The van der Waals surface area contributed by atoms with E-state index in [0.717, 1.165) is 49.4 Å². The number of aliphatic hydroxyl groups excluding tert-OH is 1. The molecule has 0 bridgehead atoms. The molecule has 5 aromatic rings. The van der Waals surface area contributed by atoms with Gasteiger partial charge in [-0.25, -0.2) is 37.3 Å². The van der Waals surface area contributed by atoms with E-state index in [-0.39, 0.29) is 36.9 Å². The lowest BCUT2D eigenvalue weighted by atomic mass is 9.87. The molecule has 15 nitrogen and oxygen atoms in total. The van der Waals surface area contributed by atoms with E-state index in [2.05, 4.69) is 25.0 Å². The lowest BCUT2D eigenvalue weighted by Gasteiger charge is -2.37. The Morgan fingerprint density at radius 1 is 0.965 bits per heavy atom. The number of hydrogen-bond acceptors (Lipinski definition) is 12. The minimum Gasteiger partial charge on any atom is -0.493 e. The van der Waals surface area contributed by atoms with E-state index < -0.39 is 35.5 Å². The number of aliphatic hydroxyl groups is 1. The summed E-state index contributed by atoms with van der Waals surface area (Å²) in [5, 5.41) is 17.4. The minimum absolute atomic E-state index is 0.0294. The number of nitrogens with zero attached hydrogens (tertiary/aromatic N) is 8. The van der Waals surface area contributed by atoms with Crippen LogP contribution >= 0.6 is 0 Å². The predicted molar refractivity (Wildman–Crippen MR) is 205 cm³/mol. The monoisotopic (exact) mass is 788 g/mol. The second-order valence-electron chi connectivity index (χ2n) is 14.2. The highest BCUT2D eigenvalue weighted by molar-refractivity contribution is 5.60. The fourth-order valence-corrected chi connectivity index (χ4v) is 7.62. The Kier molecular flexibility index (Phi) is 12.1. The van der Waals surface area contributed by atoms with E-state index >= 15 is 4.39 Å². The number of carbonyl (C=O) groups is 1.